The smallest absolute Gasteiger partial charge is 0.126 e. The summed E-state index contributed by atoms with van der Waals surface area (Å²) in [6.45, 7) is 6.17. The summed E-state index contributed by atoms with van der Waals surface area (Å²) >= 11 is 9.87. The molecule has 0 saturated carbocycles. The van der Waals surface area contributed by atoms with E-state index < -0.39 is 0 Å². The van der Waals surface area contributed by atoms with Crippen molar-refractivity contribution < 1.29 is 4.74 Å². The van der Waals surface area contributed by atoms with Gasteiger partial charge in [-0.1, -0.05) is 22.9 Å². The van der Waals surface area contributed by atoms with Crippen LogP contribution in [0.2, 0.25) is 0 Å². The van der Waals surface area contributed by atoms with E-state index in [0.717, 1.165) is 27.8 Å². The maximum atomic E-state index is 6.32. The molecule has 3 heteroatoms. The van der Waals surface area contributed by atoms with E-state index in [4.69, 9.17) is 16.3 Å². The van der Waals surface area contributed by atoms with Crippen LogP contribution in [0.25, 0.3) is 0 Å². The Bertz CT molecular complexity index is 363. The summed E-state index contributed by atoms with van der Waals surface area (Å²) < 4.78 is 6.52. The van der Waals surface area contributed by atoms with E-state index in [1.54, 1.807) is 7.11 Å². The van der Waals surface area contributed by atoms with Crippen LogP contribution >= 0.6 is 27.5 Å². The maximum absolute atomic E-state index is 6.32. The maximum Gasteiger partial charge on any atom is 0.126 e. The van der Waals surface area contributed by atoms with Crippen LogP contribution in [-0.4, -0.2) is 7.11 Å². The number of hydrogen-bond acceptors (Lipinski definition) is 1. The van der Waals surface area contributed by atoms with Gasteiger partial charge in [0.15, 0.2) is 0 Å². The zero-order valence-electron chi connectivity index (χ0n) is 9.53. The molecule has 84 valence electrons. The molecule has 15 heavy (non-hydrogen) atoms. The van der Waals surface area contributed by atoms with Crippen LogP contribution in [0.3, 0.4) is 0 Å². The Hall–Kier alpha value is -0.210. The first-order chi connectivity index (χ1) is 7.02. The SMILES string of the molecule is CCC(Cl)c1c(C)c(Br)cc(C)c1OC. The van der Waals surface area contributed by atoms with Gasteiger partial charge >= 0.3 is 0 Å². The first-order valence-corrected chi connectivity index (χ1v) is 6.23. The van der Waals surface area contributed by atoms with Gasteiger partial charge in [0, 0.05) is 10.0 Å². The van der Waals surface area contributed by atoms with Gasteiger partial charge in [0.05, 0.1) is 12.5 Å². The Morgan fingerprint density at radius 2 is 2.07 bits per heavy atom. The molecule has 0 aliphatic carbocycles. The number of aryl methyl sites for hydroxylation is 1. The van der Waals surface area contributed by atoms with Gasteiger partial charge < -0.3 is 4.74 Å². The topological polar surface area (TPSA) is 9.23 Å². The number of halogens is 2. The average Bonchev–Trinajstić information content (AvgIpc) is 2.21. The van der Waals surface area contributed by atoms with E-state index in [9.17, 15) is 0 Å². The van der Waals surface area contributed by atoms with Gasteiger partial charge in [-0.15, -0.1) is 11.6 Å². The molecule has 0 saturated heterocycles. The second-order valence-corrected chi connectivity index (χ2v) is 5.00. The molecule has 1 nitrogen and oxygen atoms in total. The highest BCUT2D eigenvalue weighted by molar-refractivity contribution is 9.10. The fourth-order valence-electron chi connectivity index (χ4n) is 1.73. The van der Waals surface area contributed by atoms with Crippen LogP contribution in [0.1, 0.15) is 35.4 Å². The second-order valence-electron chi connectivity index (χ2n) is 3.62. The molecule has 0 aromatic heterocycles. The zero-order valence-corrected chi connectivity index (χ0v) is 11.9. The summed E-state index contributed by atoms with van der Waals surface area (Å²) in [5.41, 5.74) is 3.39. The Kier molecular flexibility index (Phi) is 4.47. The van der Waals surface area contributed by atoms with Crippen molar-refractivity contribution in [3.8, 4) is 5.75 Å². The summed E-state index contributed by atoms with van der Waals surface area (Å²) in [6.07, 6.45) is 0.897. The first-order valence-electron chi connectivity index (χ1n) is 5.00. The number of ether oxygens (including phenoxy) is 1. The van der Waals surface area contributed by atoms with Crippen LogP contribution in [0.15, 0.2) is 10.5 Å². The largest absolute Gasteiger partial charge is 0.496 e. The highest BCUT2D eigenvalue weighted by Crippen LogP contribution is 2.40. The van der Waals surface area contributed by atoms with Gasteiger partial charge in [0.2, 0.25) is 0 Å². The summed E-state index contributed by atoms with van der Waals surface area (Å²) in [4.78, 5) is 0. The van der Waals surface area contributed by atoms with Crippen molar-refractivity contribution in [3.05, 3.63) is 27.2 Å². The number of benzene rings is 1. The minimum atomic E-state index is 0.0103. The van der Waals surface area contributed by atoms with Gasteiger partial charge in [-0.05, 0) is 37.5 Å². The minimum absolute atomic E-state index is 0.0103. The number of rotatable bonds is 3. The molecule has 0 fully saturated rings. The van der Waals surface area contributed by atoms with Gasteiger partial charge in [-0.25, -0.2) is 0 Å². The van der Waals surface area contributed by atoms with E-state index in [2.05, 4.69) is 35.8 Å². The predicted octanol–water partition coefficient (Wildman–Crippen LogP) is 4.76. The zero-order chi connectivity index (χ0) is 11.6. The van der Waals surface area contributed by atoms with Crippen molar-refractivity contribution in [2.45, 2.75) is 32.6 Å². The summed E-state index contributed by atoms with van der Waals surface area (Å²) in [6, 6.07) is 2.07. The number of alkyl halides is 1. The molecule has 0 N–H and O–H groups in total. The molecule has 1 aromatic carbocycles. The third-order valence-electron chi connectivity index (χ3n) is 2.58. The second kappa shape index (κ2) is 5.22. The summed E-state index contributed by atoms with van der Waals surface area (Å²) in [5, 5.41) is 0.0103. The molecule has 0 spiro atoms. The van der Waals surface area contributed by atoms with Crippen molar-refractivity contribution in [2.75, 3.05) is 7.11 Å². The molecule has 0 aliphatic rings. The van der Waals surface area contributed by atoms with Crippen LogP contribution in [0.4, 0.5) is 0 Å². The minimum Gasteiger partial charge on any atom is -0.496 e. The van der Waals surface area contributed by atoms with Gasteiger partial charge in [-0.3, -0.25) is 0 Å². The lowest BCUT2D eigenvalue weighted by Crippen LogP contribution is -2.01. The highest BCUT2D eigenvalue weighted by atomic mass is 79.9. The molecule has 0 bridgehead atoms. The van der Waals surface area contributed by atoms with Crippen LogP contribution in [0, 0.1) is 13.8 Å². The molecule has 0 radical (unpaired) electrons. The van der Waals surface area contributed by atoms with Crippen LogP contribution in [0.5, 0.6) is 5.75 Å². The lowest BCUT2D eigenvalue weighted by atomic mass is 9.99. The molecular formula is C12H16BrClO. The predicted molar refractivity (Wildman–Crippen MR) is 69.1 cm³/mol. The monoisotopic (exact) mass is 290 g/mol. The molecule has 0 amide bonds. The Labute approximate surface area is 105 Å². The third kappa shape index (κ3) is 2.48. The van der Waals surface area contributed by atoms with Crippen molar-refractivity contribution in [1.29, 1.82) is 0 Å². The Morgan fingerprint density at radius 3 is 2.53 bits per heavy atom. The fraction of sp³-hybridized carbons (Fsp3) is 0.500. The normalized spacial score (nSPS) is 12.7. The molecule has 1 aromatic rings. The quantitative estimate of drug-likeness (QED) is 0.729. The molecule has 0 heterocycles. The molecule has 1 unspecified atom stereocenters. The van der Waals surface area contributed by atoms with E-state index in [1.807, 2.05) is 6.92 Å². The summed E-state index contributed by atoms with van der Waals surface area (Å²) in [7, 11) is 1.69. The first kappa shape index (κ1) is 12.9. The van der Waals surface area contributed by atoms with E-state index in [-0.39, 0.29) is 5.38 Å². The van der Waals surface area contributed by atoms with E-state index >= 15 is 0 Å². The lowest BCUT2D eigenvalue weighted by Gasteiger charge is -2.18. The lowest BCUT2D eigenvalue weighted by molar-refractivity contribution is 0.405. The summed E-state index contributed by atoms with van der Waals surface area (Å²) in [5.74, 6) is 0.914. The number of hydrogen-bond donors (Lipinski definition) is 0. The molecule has 0 aliphatic heterocycles. The van der Waals surface area contributed by atoms with Crippen molar-refractivity contribution in [3.63, 3.8) is 0 Å². The van der Waals surface area contributed by atoms with Crippen molar-refractivity contribution in [2.24, 2.45) is 0 Å². The molecular weight excluding hydrogens is 275 g/mol. The van der Waals surface area contributed by atoms with Gasteiger partial charge in [0.25, 0.3) is 0 Å². The standard InChI is InChI=1S/C12H16BrClO/c1-5-10(14)11-8(3)9(13)6-7(2)12(11)15-4/h6,10H,5H2,1-4H3. The van der Waals surface area contributed by atoms with E-state index in [1.165, 1.54) is 5.56 Å². The Morgan fingerprint density at radius 1 is 1.47 bits per heavy atom. The van der Waals surface area contributed by atoms with E-state index in [0.29, 0.717) is 0 Å². The molecule has 1 rings (SSSR count). The van der Waals surface area contributed by atoms with Gasteiger partial charge in [0.1, 0.15) is 5.75 Å². The van der Waals surface area contributed by atoms with Gasteiger partial charge in [-0.2, -0.15) is 0 Å². The van der Waals surface area contributed by atoms with Crippen molar-refractivity contribution in [1.82, 2.24) is 0 Å². The van der Waals surface area contributed by atoms with Crippen LogP contribution < -0.4 is 4.74 Å². The van der Waals surface area contributed by atoms with Crippen LogP contribution in [-0.2, 0) is 0 Å². The average molecular weight is 292 g/mol. The van der Waals surface area contributed by atoms with Crippen molar-refractivity contribution >= 4 is 27.5 Å². The highest BCUT2D eigenvalue weighted by Gasteiger charge is 2.18. The molecule has 1 atom stereocenters. The Balaban J connectivity index is 3.43. The number of methoxy groups -OCH3 is 1. The third-order valence-corrected chi connectivity index (χ3v) is 3.93. The fourth-order valence-corrected chi connectivity index (χ4v) is 2.55.